The maximum Gasteiger partial charge on any atom is 0.404 e. The third kappa shape index (κ3) is 4.60. The molecule has 29 heavy (non-hydrogen) atoms. The molecule has 3 rings (SSSR count). The summed E-state index contributed by atoms with van der Waals surface area (Å²) in [5.74, 6) is -2.10. The van der Waals surface area contributed by atoms with Gasteiger partial charge in [-0.05, 0) is 37.0 Å². The smallest absolute Gasteiger partial charge is 0.404 e. The SMILES string of the molecule is O=C(O)NCCOCCCc1ccc2c(c1)C(=O)N(C1CCC(=O)NC1=O)C2=O. The van der Waals surface area contributed by atoms with E-state index >= 15 is 0 Å². The molecule has 0 radical (unpaired) electrons. The van der Waals surface area contributed by atoms with E-state index in [0.717, 1.165) is 10.5 Å². The Balaban J connectivity index is 1.57. The number of ether oxygens (including phenoxy) is 1. The summed E-state index contributed by atoms with van der Waals surface area (Å²) in [7, 11) is 0. The van der Waals surface area contributed by atoms with Crippen LogP contribution in [0.4, 0.5) is 4.79 Å². The van der Waals surface area contributed by atoms with Gasteiger partial charge in [0.05, 0.1) is 17.7 Å². The fraction of sp³-hybridized carbons (Fsp3) is 0.421. The van der Waals surface area contributed by atoms with E-state index in [4.69, 9.17) is 9.84 Å². The maximum absolute atomic E-state index is 12.7. The first-order valence-corrected chi connectivity index (χ1v) is 9.27. The highest BCUT2D eigenvalue weighted by Crippen LogP contribution is 2.28. The predicted molar refractivity (Wildman–Crippen MR) is 98.3 cm³/mol. The molecule has 0 spiro atoms. The molecule has 154 valence electrons. The summed E-state index contributed by atoms with van der Waals surface area (Å²) in [4.78, 5) is 60.0. The van der Waals surface area contributed by atoms with Crippen molar-refractivity contribution in [2.45, 2.75) is 31.7 Å². The van der Waals surface area contributed by atoms with Crippen molar-refractivity contribution in [1.82, 2.24) is 15.5 Å². The van der Waals surface area contributed by atoms with Crippen LogP contribution < -0.4 is 10.6 Å². The lowest BCUT2D eigenvalue weighted by atomic mass is 10.0. The Kier molecular flexibility index (Phi) is 6.23. The van der Waals surface area contributed by atoms with Crippen LogP contribution in [0.3, 0.4) is 0 Å². The lowest BCUT2D eigenvalue weighted by Crippen LogP contribution is -2.54. The second-order valence-electron chi connectivity index (χ2n) is 6.77. The third-order valence-corrected chi connectivity index (χ3v) is 4.78. The van der Waals surface area contributed by atoms with E-state index in [-0.39, 0.29) is 37.1 Å². The molecule has 1 atom stereocenters. The van der Waals surface area contributed by atoms with Gasteiger partial charge in [-0.25, -0.2) is 4.79 Å². The standard InChI is InChI=1S/C19H21N3O7/c23-15-6-5-14(16(24)21-15)22-17(25)12-4-3-11(10-13(12)18(22)26)2-1-8-29-9-7-20-19(27)28/h3-4,10,14,20H,1-2,5-9H2,(H,27,28)(H,21,23,24). The zero-order valence-electron chi connectivity index (χ0n) is 15.6. The Morgan fingerprint density at radius 2 is 1.93 bits per heavy atom. The van der Waals surface area contributed by atoms with Gasteiger partial charge in [-0.15, -0.1) is 0 Å². The number of carbonyl (C=O) groups excluding carboxylic acids is 4. The van der Waals surface area contributed by atoms with E-state index in [1.807, 2.05) is 0 Å². The van der Waals surface area contributed by atoms with Gasteiger partial charge in [-0.2, -0.15) is 0 Å². The molecular weight excluding hydrogens is 382 g/mol. The number of nitrogens with one attached hydrogen (secondary N) is 2. The van der Waals surface area contributed by atoms with Crippen LogP contribution in [0.5, 0.6) is 0 Å². The number of rotatable bonds is 8. The van der Waals surface area contributed by atoms with Gasteiger partial charge < -0.3 is 15.2 Å². The number of hydrogen-bond acceptors (Lipinski definition) is 6. The number of amides is 5. The molecule has 1 unspecified atom stereocenters. The van der Waals surface area contributed by atoms with Crippen molar-refractivity contribution in [3.05, 3.63) is 34.9 Å². The number of nitrogens with zero attached hydrogens (tertiary/aromatic N) is 1. The second-order valence-corrected chi connectivity index (χ2v) is 6.77. The molecule has 5 amide bonds. The summed E-state index contributed by atoms with van der Waals surface area (Å²) in [6.45, 7) is 0.902. The first kappa shape index (κ1) is 20.5. The summed E-state index contributed by atoms with van der Waals surface area (Å²) in [6, 6.07) is 4.00. The predicted octanol–water partition coefficient (Wildman–Crippen LogP) is 0.305. The first-order chi connectivity index (χ1) is 13.9. The fourth-order valence-electron chi connectivity index (χ4n) is 3.38. The van der Waals surface area contributed by atoms with Crippen LogP contribution in [-0.2, 0) is 20.7 Å². The average Bonchev–Trinajstić information content (AvgIpc) is 2.91. The summed E-state index contributed by atoms with van der Waals surface area (Å²) in [5, 5.41) is 12.8. The Labute approximate surface area is 166 Å². The molecule has 0 bridgehead atoms. The molecule has 1 fully saturated rings. The molecular formula is C19H21N3O7. The van der Waals surface area contributed by atoms with Gasteiger partial charge in [-0.1, -0.05) is 6.07 Å². The molecule has 0 aromatic heterocycles. The van der Waals surface area contributed by atoms with Crippen LogP contribution in [0.15, 0.2) is 18.2 Å². The van der Waals surface area contributed by atoms with E-state index in [1.54, 1.807) is 18.2 Å². The number of carbonyl (C=O) groups is 5. The Morgan fingerprint density at radius 3 is 2.66 bits per heavy atom. The minimum Gasteiger partial charge on any atom is -0.465 e. The minimum atomic E-state index is -1.10. The number of fused-ring (bicyclic) bond motifs is 1. The van der Waals surface area contributed by atoms with Crippen molar-refractivity contribution in [3.8, 4) is 0 Å². The van der Waals surface area contributed by atoms with Crippen molar-refractivity contribution in [3.63, 3.8) is 0 Å². The monoisotopic (exact) mass is 403 g/mol. The summed E-state index contributed by atoms with van der Waals surface area (Å²) in [6.07, 6.45) is 0.371. The molecule has 10 heteroatoms. The number of imide groups is 2. The first-order valence-electron chi connectivity index (χ1n) is 9.27. The number of benzene rings is 1. The van der Waals surface area contributed by atoms with Crippen LogP contribution in [0.1, 0.15) is 45.5 Å². The van der Waals surface area contributed by atoms with E-state index in [1.165, 1.54) is 0 Å². The Bertz CT molecular complexity index is 867. The number of carboxylic acid groups (broad SMARTS) is 1. The fourth-order valence-corrected chi connectivity index (χ4v) is 3.38. The van der Waals surface area contributed by atoms with Gasteiger partial charge in [0.25, 0.3) is 11.8 Å². The van der Waals surface area contributed by atoms with Gasteiger partial charge >= 0.3 is 6.09 Å². The molecule has 2 aliphatic rings. The van der Waals surface area contributed by atoms with Crippen LogP contribution in [0, 0.1) is 0 Å². The summed E-state index contributed by atoms with van der Waals surface area (Å²) >= 11 is 0. The van der Waals surface area contributed by atoms with Crippen LogP contribution in [0.2, 0.25) is 0 Å². The van der Waals surface area contributed by atoms with Crippen molar-refractivity contribution in [1.29, 1.82) is 0 Å². The highest BCUT2D eigenvalue weighted by molar-refractivity contribution is 6.23. The van der Waals surface area contributed by atoms with E-state index in [9.17, 15) is 24.0 Å². The topological polar surface area (TPSA) is 142 Å². The normalized spacial score (nSPS) is 18.6. The zero-order valence-corrected chi connectivity index (χ0v) is 15.6. The molecule has 0 saturated carbocycles. The molecule has 10 nitrogen and oxygen atoms in total. The Morgan fingerprint density at radius 1 is 1.17 bits per heavy atom. The van der Waals surface area contributed by atoms with Gasteiger partial charge in [0, 0.05) is 19.6 Å². The van der Waals surface area contributed by atoms with Crippen molar-refractivity contribution in [2.24, 2.45) is 0 Å². The largest absolute Gasteiger partial charge is 0.465 e. The highest BCUT2D eigenvalue weighted by atomic mass is 16.5. The number of aryl methyl sites for hydroxylation is 1. The molecule has 1 aromatic rings. The Hall–Kier alpha value is -3.27. The lowest BCUT2D eigenvalue weighted by Gasteiger charge is -2.27. The van der Waals surface area contributed by atoms with E-state index in [0.29, 0.717) is 19.4 Å². The van der Waals surface area contributed by atoms with Gasteiger partial charge in [0.2, 0.25) is 11.8 Å². The summed E-state index contributed by atoms with van der Waals surface area (Å²) < 4.78 is 5.33. The number of hydrogen-bond donors (Lipinski definition) is 3. The maximum atomic E-state index is 12.7. The molecule has 3 N–H and O–H groups in total. The van der Waals surface area contributed by atoms with Gasteiger partial charge in [0.15, 0.2) is 0 Å². The van der Waals surface area contributed by atoms with Gasteiger partial charge in [0.1, 0.15) is 6.04 Å². The van der Waals surface area contributed by atoms with Crippen LogP contribution >= 0.6 is 0 Å². The highest BCUT2D eigenvalue weighted by Gasteiger charge is 2.44. The van der Waals surface area contributed by atoms with E-state index < -0.39 is 35.8 Å². The minimum absolute atomic E-state index is 0.0804. The molecule has 1 aromatic carbocycles. The van der Waals surface area contributed by atoms with Crippen LogP contribution in [-0.4, -0.2) is 65.5 Å². The molecule has 2 aliphatic heterocycles. The lowest BCUT2D eigenvalue weighted by molar-refractivity contribution is -0.136. The van der Waals surface area contributed by atoms with Crippen molar-refractivity contribution >= 4 is 29.7 Å². The summed E-state index contributed by atoms with van der Waals surface area (Å²) in [5.41, 5.74) is 1.35. The van der Waals surface area contributed by atoms with Crippen molar-refractivity contribution < 1.29 is 33.8 Å². The third-order valence-electron chi connectivity index (χ3n) is 4.78. The van der Waals surface area contributed by atoms with Crippen LogP contribution in [0.25, 0.3) is 0 Å². The number of piperidine rings is 1. The molecule has 2 heterocycles. The molecule has 1 saturated heterocycles. The average molecular weight is 403 g/mol. The van der Waals surface area contributed by atoms with Gasteiger partial charge in [-0.3, -0.25) is 29.4 Å². The molecule has 0 aliphatic carbocycles. The van der Waals surface area contributed by atoms with Crippen molar-refractivity contribution in [2.75, 3.05) is 19.8 Å². The quantitative estimate of drug-likeness (QED) is 0.419. The zero-order chi connectivity index (χ0) is 21.0. The van der Waals surface area contributed by atoms with E-state index in [2.05, 4.69) is 10.6 Å². The second kappa shape index (κ2) is 8.82.